The van der Waals surface area contributed by atoms with E-state index in [-0.39, 0.29) is 11.1 Å². The molecule has 0 fully saturated rings. The monoisotopic (exact) mass is 298 g/mol. The Hall–Kier alpha value is -2.73. The smallest absolute Gasteiger partial charge is 0.336 e. The predicted molar refractivity (Wildman–Crippen MR) is 81.0 cm³/mol. The Labute approximate surface area is 123 Å². The van der Waals surface area contributed by atoms with Crippen LogP contribution >= 0.6 is 11.3 Å². The number of aromatic nitrogens is 1. The molecule has 2 aromatic carbocycles. The number of carbonyl (C=O) groups is 2. The summed E-state index contributed by atoms with van der Waals surface area (Å²) in [4.78, 5) is 27.6. The van der Waals surface area contributed by atoms with E-state index in [9.17, 15) is 9.59 Å². The highest BCUT2D eigenvalue weighted by atomic mass is 32.1. The summed E-state index contributed by atoms with van der Waals surface area (Å²) in [6.45, 7) is 0. The summed E-state index contributed by atoms with van der Waals surface area (Å²) in [5.41, 5.74) is 0.879. The first-order valence-corrected chi connectivity index (χ1v) is 6.96. The van der Waals surface area contributed by atoms with Crippen LogP contribution < -0.4 is 5.32 Å². The van der Waals surface area contributed by atoms with Crippen molar-refractivity contribution >= 4 is 38.6 Å². The maximum atomic E-state index is 12.2. The van der Waals surface area contributed by atoms with Gasteiger partial charge in [0.2, 0.25) is 0 Å². The Morgan fingerprint density at radius 1 is 1.00 bits per heavy atom. The number of hydrogen-bond donors (Lipinski definition) is 2. The number of amides is 1. The lowest BCUT2D eigenvalue weighted by Gasteiger charge is -2.04. The minimum absolute atomic E-state index is 0.0314. The Morgan fingerprint density at radius 3 is 2.38 bits per heavy atom. The van der Waals surface area contributed by atoms with E-state index in [1.165, 1.54) is 23.5 Å². The highest BCUT2D eigenvalue weighted by Crippen LogP contribution is 2.26. The number of thiazole rings is 1. The molecule has 0 aliphatic heterocycles. The number of anilines is 1. The summed E-state index contributed by atoms with van der Waals surface area (Å²) in [5.74, 6) is -1.61. The molecule has 0 aliphatic carbocycles. The third-order valence-corrected chi connectivity index (χ3v) is 3.87. The number of hydrogen-bond acceptors (Lipinski definition) is 4. The molecule has 21 heavy (non-hydrogen) atoms. The second-order valence-corrected chi connectivity index (χ2v) is 5.32. The van der Waals surface area contributed by atoms with Gasteiger partial charge in [-0.25, -0.2) is 9.78 Å². The van der Waals surface area contributed by atoms with Crippen LogP contribution in [-0.2, 0) is 0 Å². The van der Waals surface area contributed by atoms with Gasteiger partial charge in [0, 0.05) is 0 Å². The highest BCUT2D eigenvalue weighted by molar-refractivity contribution is 7.22. The molecular weight excluding hydrogens is 288 g/mol. The number of carboxylic acids is 1. The molecule has 1 aromatic heterocycles. The van der Waals surface area contributed by atoms with E-state index in [1.54, 1.807) is 12.1 Å². The van der Waals surface area contributed by atoms with E-state index in [0.717, 1.165) is 10.2 Å². The summed E-state index contributed by atoms with van der Waals surface area (Å²) < 4.78 is 0.958. The molecule has 104 valence electrons. The van der Waals surface area contributed by atoms with Crippen molar-refractivity contribution in [3.63, 3.8) is 0 Å². The molecular formula is C15H10N2O3S. The molecule has 5 nitrogen and oxygen atoms in total. The topological polar surface area (TPSA) is 79.3 Å². The van der Waals surface area contributed by atoms with Gasteiger partial charge in [-0.15, -0.1) is 0 Å². The number of nitrogens with zero attached hydrogens (tertiary/aromatic N) is 1. The maximum Gasteiger partial charge on any atom is 0.336 e. The van der Waals surface area contributed by atoms with Gasteiger partial charge >= 0.3 is 5.97 Å². The molecule has 0 unspecified atom stereocenters. The predicted octanol–water partition coefficient (Wildman–Crippen LogP) is 3.25. The third-order valence-electron chi connectivity index (χ3n) is 2.92. The van der Waals surface area contributed by atoms with Gasteiger partial charge in [0.15, 0.2) is 5.13 Å². The molecule has 3 aromatic rings. The molecule has 3 rings (SSSR count). The van der Waals surface area contributed by atoms with Gasteiger partial charge in [0.1, 0.15) is 0 Å². The molecule has 0 bridgehead atoms. The van der Waals surface area contributed by atoms with Crippen LogP contribution in [0.3, 0.4) is 0 Å². The van der Waals surface area contributed by atoms with Crippen LogP contribution in [0, 0.1) is 0 Å². The van der Waals surface area contributed by atoms with Gasteiger partial charge in [0.25, 0.3) is 5.91 Å². The Morgan fingerprint density at radius 2 is 1.67 bits per heavy atom. The summed E-state index contributed by atoms with van der Waals surface area (Å²) in [6.07, 6.45) is 0. The normalized spacial score (nSPS) is 10.5. The molecule has 1 amide bonds. The van der Waals surface area contributed by atoms with E-state index in [0.29, 0.717) is 5.13 Å². The Bertz CT molecular complexity index is 809. The van der Waals surface area contributed by atoms with E-state index in [1.807, 2.05) is 24.3 Å². The van der Waals surface area contributed by atoms with Crippen molar-refractivity contribution in [1.29, 1.82) is 0 Å². The fourth-order valence-corrected chi connectivity index (χ4v) is 2.82. The summed E-state index contributed by atoms with van der Waals surface area (Å²) in [5, 5.41) is 12.2. The molecule has 0 atom stereocenters. The maximum absolute atomic E-state index is 12.2. The standard InChI is InChI=1S/C15H10N2O3S/c18-13(9-5-1-2-6-10(9)14(19)20)17-15-16-11-7-3-4-8-12(11)21-15/h1-8H,(H,19,20)(H,16,17,18). The fourth-order valence-electron chi connectivity index (χ4n) is 1.96. The lowest BCUT2D eigenvalue weighted by Crippen LogP contribution is -2.16. The van der Waals surface area contributed by atoms with Gasteiger partial charge in [-0.1, -0.05) is 35.6 Å². The van der Waals surface area contributed by atoms with Crippen molar-refractivity contribution < 1.29 is 14.7 Å². The van der Waals surface area contributed by atoms with Crippen molar-refractivity contribution in [2.24, 2.45) is 0 Å². The average Bonchev–Trinajstić information content (AvgIpc) is 2.89. The minimum atomic E-state index is -1.13. The van der Waals surface area contributed by atoms with E-state index < -0.39 is 11.9 Å². The van der Waals surface area contributed by atoms with Gasteiger partial charge < -0.3 is 5.11 Å². The van der Waals surface area contributed by atoms with Gasteiger partial charge in [-0.2, -0.15) is 0 Å². The molecule has 0 saturated heterocycles. The van der Waals surface area contributed by atoms with Crippen LogP contribution in [0.4, 0.5) is 5.13 Å². The molecule has 0 spiro atoms. The number of aromatic carboxylic acids is 1. The van der Waals surface area contributed by atoms with Crippen LogP contribution in [0.25, 0.3) is 10.2 Å². The number of benzene rings is 2. The van der Waals surface area contributed by atoms with E-state index in [4.69, 9.17) is 5.11 Å². The van der Waals surface area contributed by atoms with Crippen molar-refractivity contribution in [2.75, 3.05) is 5.32 Å². The van der Waals surface area contributed by atoms with Crippen molar-refractivity contribution in [2.45, 2.75) is 0 Å². The molecule has 6 heteroatoms. The fraction of sp³-hybridized carbons (Fsp3) is 0. The first-order chi connectivity index (χ1) is 10.1. The van der Waals surface area contributed by atoms with Gasteiger partial charge in [-0.05, 0) is 24.3 Å². The molecule has 0 aliphatic rings. The quantitative estimate of drug-likeness (QED) is 0.778. The Kier molecular flexibility index (Phi) is 3.37. The lowest BCUT2D eigenvalue weighted by atomic mass is 10.1. The van der Waals surface area contributed by atoms with Crippen molar-refractivity contribution in [3.05, 3.63) is 59.7 Å². The van der Waals surface area contributed by atoms with Crippen LogP contribution in [0.1, 0.15) is 20.7 Å². The number of rotatable bonds is 3. The average molecular weight is 298 g/mol. The van der Waals surface area contributed by atoms with Crippen LogP contribution in [0.2, 0.25) is 0 Å². The van der Waals surface area contributed by atoms with Crippen LogP contribution in [0.5, 0.6) is 0 Å². The zero-order valence-electron chi connectivity index (χ0n) is 10.7. The zero-order valence-corrected chi connectivity index (χ0v) is 11.6. The van der Waals surface area contributed by atoms with Crippen molar-refractivity contribution in [3.8, 4) is 0 Å². The van der Waals surface area contributed by atoms with Crippen molar-refractivity contribution in [1.82, 2.24) is 4.98 Å². The SMILES string of the molecule is O=C(O)c1ccccc1C(=O)Nc1nc2ccccc2s1. The van der Waals surface area contributed by atoms with E-state index >= 15 is 0 Å². The summed E-state index contributed by atoms with van der Waals surface area (Å²) >= 11 is 1.34. The second-order valence-electron chi connectivity index (χ2n) is 4.29. The molecule has 1 heterocycles. The van der Waals surface area contributed by atoms with Gasteiger partial charge in [0.05, 0.1) is 21.3 Å². The molecule has 0 radical (unpaired) electrons. The first-order valence-electron chi connectivity index (χ1n) is 6.14. The number of fused-ring (bicyclic) bond motifs is 1. The van der Waals surface area contributed by atoms with Crippen LogP contribution in [0.15, 0.2) is 48.5 Å². The number of nitrogens with one attached hydrogen (secondary N) is 1. The highest BCUT2D eigenvalue weighted by Gasteiger charge is 2.17. The zero-order chi connectivity index (χ0) is 14.8. The third kappa shape index (κ3) is 2.61. The minimum Gasteiger partial charge on any atom is -0.478 e. The van der Waals surface area contributed by atoms with E-state index in [2.05, 4.69) is 10.3 Å². The summed E-state index contributed by atoms with van der Waals surface area (Å²) in [6, 6.07) is 13.6. The van der Waals surface area contributed by atoms with Gasteiger partial charge in [-0.3, -0.25) is 10.1 Å². The molecule has 2 N–H and O–H groups in total. The number of carbonyl (C=O) groups excluding carboxylic acids is 1. The molecule has 0 saturated carbocycles. The Balaban J connectivity index is 1.91. The number of carboxylic acid groups (broad SMARTS) is 1. The lowest BCUT2D eigenvalue weighted by molar-refractivity contribution is 0.0692. The largest absolute Gasteiger partial charge is 0.478 e. The first kappa shape index (κ1) is 13.3. The second kappa shape index (κ2) is 5.34. The summed E-state index contributed by atoms with van der Waals surface area (Å²) in [7, 11) is 0. The number of para-hydroxylation sites is 1. The van der Waals surface area contributed by atoms with Crippen LogP contribution in [-0.4, -0.2) is 22.0 Å².